The lowest BCUT2D eigenvalue weighted by atomic mass is 9.94. The number of phenolic OH excluding ortho intramolecular Hbond substituents is 1. The summed E-state index contributed by atoms with van der Waals surface area (Å²) in [5.41, 5.74) is 6.29. The molecule has 0 spiro atoms. The monoisotopic (exact) mass is 483 g/mol. The fraction of sp³-hybridized carbons (Fsp3) is 0.241. The number of aromatic amines is 1. The first-order valence-electron chi connectivity index (χ1n) is 11.9. The molecule has 0 fully saturated rings. The van der Waals surface area contributed by atoms with Gasteiger partial charge in [-0.3, -0.25) is 9.89 Å². The van der Waals surface area contributed by atoms with Gasteiger partial charge in [-0.05, 0) is 60.7 Å². The van der Waals surface area contributed by atoms with E-state index < -0.39 is 0 Å². The number of aryl methyl sites for hydroxylation is 2. The Morgan fingerprint density at radius 1 is 1.00 bits per heavy atom. The van der Waals surface area contributed by atoms with Gasteiger partial charge in [0.15, 0.2) is 11.5 Å². The molecular weight excluding hydrogens is 454 g/mol. The number of aromatic nitrogens is 2. The number of fused-ring (bicyclic) bond motifs is 1. The van der Waals surface area contributed by atoms with Crippen molar-refractivity contribution in [3.63, 3.8) is 0 Å². The van der Waals surface area contributed by atoms with Crippen LogP contribution in [0.3, 0.4) is 0 Å². The lowest BCUT2D eigenvalue weighted by Gasteiger charge is -2.26. The highest BCUT2D eigenvalue weighted by atomic mass is 16.5. The zero-order valence-corrected chi connectivity index (χ0v) is 20.8. The summed E-state index contributed by atoms with van der Waals surface area (Å²) in [7, 11) is 3.22. The van der Waals surface area contributed by atoms with Crippen LogP contribution in [0.15, 0.2) is 60.7 Å². The second-order valence-electron chi connectivity index (χ2n) is 9.09. The third-order valence-electron chi connectivity index (χ3n) is 6.77. The number of hydrogen-bond acceptors (Lipinski definition) is 5. The van der Waals surface area contributed by atoms with Gasteiger partial charge in [-0.25, -0.2) is 0 Å². The number of amides is 1. The van der Waals surface area contributed by atoms with Crippen LogP contribution < -0.4 is 9.47 Å². The van der Waals surface area contributed by atoms with E-state index >= 15 is 0 Å². The largest absolute Gasteiger partial charge is 0.507 e. The fourth-order valence-electron chi connectivity index (χ4n) is 5.04. The standard InChI is InChI=1S/C29H29N3O4/c1-17-14-18(2)28(33)21(15-17)25-24-26(31-30-25)29(34)32(27(24)20-8-6-5-7-9-20)13-12-19-10-11-22(35-3)23(16-19)36-4/h5-11,14-16,27,33H,12-13H2,1-4H3,(H,30,31)/t27-/m1/s1. The number of phenols is 1. The number of nitrogens with one attached hydrogen (secondary N) is 1. The molecule has 0 saturated carbocycles. The van der Waals surface area contributed by atoms with Crippen LogP contribution in [0.5, 0.6) is 17.2 Å². The molecule has 0 bridgehead atoms. The quantitative estimate of drug-likeness (QED) is 0.377. The maximum Gasteiger partial charge on any atom is 0.273 e. The summed E-state index contributed by atoms with van der Waals surface area (Å²) in [6, 6.07) is 19.3. The van der Waals surface area contributed by atoms with Gasteiger partial charge in [0.2, 0.25) is 0 Å². The number of carbonyl (C=O) groups excluding carboxylic acids is 1. The van der Waals surface area contributed by atoms with Gasteiger partial charge in [0.25, 0.3) is 5.91 Å². The van der Waals surface area contributed by atoms with E-state index in [4.69, 9.17) is 9.47 Å². The van der Waals surface area contributed by atoms with Crippen molar-refractivity contribution in [2.45, 2.75) is 26.3 Å². The molecule has 4 aromatic rings. The molecule has 0 aliphatic carbocycles. The number of methoxy groups -OCH3 is 2. The van der Waals surface area contributed by atoms with Crippen LogP contribution in [0.2, 0.25) is 0 Å². The lowest BCUT2D eigenvalue weighted by molar-refractivity contribution is 0.0746. The van der Waals surface area contributed by atoms with Crippen molar-refractivity contribution in [3.05, 3.63) is 94.2 Å². The van der Waals surface area contributed by atoms with Gasteiger partial charge >= 0.3 is 0 Å². The van der Waals surface area contributed by atoms with Gasteiger partial charge in [-0.2, -0.15) is 5.10 Å². The Bertz CT molecular complexity index is 1430. The highest BCUT2D eigenvalue weighted by Crippen LogP contribution is 2.45. The molecule has 3 aromatic carbocycles. The first-order chi connectivity index (χ1) is 17.4. The molecule has 1 aliphatic heterocycles. The third-order valence-corrected chi connectivity index (χ3v) is 6.77. The van der Waals surface area contributed by atoms with Gasteiger partial charge in [0.1, 0.15) is 17.1 Å². The molecule has 36 heavy (non-hydrogen) atoms. The molecule has 0 unspecified atom stereocenters. The molecule has 7 heteroatoms. The highest BCUT2D eigenvalue weighted by Gasteiger charge is 2.42. The molecule has 0 saturated heterocycles. The van der Waals surface area contributed by atoms with Crippen LogP contribution in [0.25, 0.3) is 11.3 Å². The summed E-state index contributed by atoms with van der Waals surface area (Å²) in [6.45, 7) is 4.35. The second kappa shape index (κ2) is 9.41. The van der Waals surface area contributed by atoms with E-state index in [1.165, 1.54) is 0 Å². The van der Waals surface area contributed by atoms with Crippen LogP contribution >= 0.6 is 0 Å². The summed E-state index contributed by atoms with van der Waals surface area (Å²) < 4.78 is 10.8. The molecule has 1 aliphatic rings. The Hall–Kier alpha value is -4.26. The summed E-state index contributed by atoms with van der Waals surface area (Å²) in [5, 5.41) is 18.4. The molecule has 7 nitrogen and oxygen atoms in total. The Labute approximate surface area is 210 Å². The molecule has 1 amide bonds. The predicted octanol–water partition coefficient (Wildman–Crippen LogP) is 5.20. The zero-order chi connectivity index (χ0) is 25.4. The smallest absolute Gasteiger partial charge is 0.273 e. The fourth-order valence-corrected chi connectivity index (χ4v) is 5.04. The normalized spacial score (nSPS) is 14.7. The molecule has 184 valence electrons. The molecule has 1 atom stereocenters. The molecular formula is C29H29N3O4. The van der Waals surface area contributed by atoms with Crippen molar-refractivity contribution in [2.24, 2.45) is 0 Å². The number of rotatable bonds is 7. The topological polar surface area (TPSA) is 87.7 Å². The van der Waals surface area contributed by atoms with Crippen molar-refractivity contribution in [3.8, 4) is 28.5 Å². The maximum absolute atomic E-state index is 13.6. The number of carbonyl (C=O) groups is 1. The Morgan fingerprint density at radius 2 is 1.75 bits per heavy atom. The van der Waals surface area contributed by atoms with E-state index in [-0.39, 0.29) is 17.7 Å². The molecule has 2 heterocycles. The van der Waals surface area contributed by atoms with Gasteiger partial charge in [0, 0.05) is 17.7 Å². The molecule has 2 N–H and O–H groups in total. The van der Waals surface area contributed by atoms with Gasteiger partial charge in [-0.15, -0.1) is 0 Å². The third kappa shape index (κ3) is 3.96. The summed E-state index contributed by atoms with van der Waals surface area (Å²) in [4.78, 5) is 15.5. The summed E-state index contributed by atoms with van der Waals surface area (Å²) in [5.74, 6) is 1.39. The van der Waals surface area contributed by atoms with Crippen LogP contribution in [-0.2, 0) is 6.42 Å². The van der Waals surface area contributed by atoms with Crippen LogP contribution in [-0.4, -0.2) is 46.9 Å². The maximum atomic E-state index is 13.6. The van der Waals surface area contributed by atoms with E-state index in [2.05, 4.69) is 10.2 Å². The lowest BCUT2D eigenvalue weighted by Crippen LogP contribution is -2.31. The average Bonchev–Trinajstić information content (AvgIpc) is 3.43. The minimum Gasteiger partial charge on any atom is -0.507 e. The number of hydrogen-bond donors (Lipinski definition) is 2. The molecule has 5 rings (SSSR count). The first kappa shape index (κ1) is 23.5. The van der Waals surface area contributed by atoms with Crippen LogP contribution in [0.4, 0.5) is 0 Å². The zero-order valence-electron chi connectivity index (χ0n) is 20.8. The number of benzene rings is 3. The van der Waals surface area contributed by atoms with Crippen molar-refractivity contribution in [2.75, 3.05) is 20.8 Å². The minimum atomic E-state index is -0.331. The van der Waals surface area contributed by atoms with E-state index in [1.807, 2.05) is 79.4 Å². The minimum absolute atomic E-state index is 0.109. The highest BCUT2D eigenvalue weighted by molar-refractivity contribution is 6.00. The SMILES string of the molecule is COc1ccc(CCN2C(=O)c3[nH]nc(-c4cc(C)cc(C)c4O)c3[C@H]2c2ccccc2)cc1OC. The number of H-pyrrole nitrogens is 1. The average molecular weight is 484 g/mol. The van der Waals surface area contributed by atoms with Crippen LogP contribution in [0, 0.1) is 13.8 Å². The van der Waals surface area contributed by atoms with E-state index in [0.717, 1.165) is 27.8 Å². The van der Waals surface area contributed by atoms with E-state index in [0.29, 0.717) is 41.4 Å². The van der Waals surface area contributed by atoms with Crippen molar-refractivity contribution in [1.29, 1.82) is 0 Å². The molecule has 0 radical (unpaired) electrons. The number of ether oxygens (including phenoxy) is 2. The van der Waals surface area contributed by atoms with Crippen LogP contribution in [0.1, 0.15) is 44.3 Å². The van der Waals surface area contributed by atoms with Gasteiger partial charge in [-0.1, -0.05) is 42.5 Å². The summed E-state index contributed by atoms with van der Waals surface area (Å²) in [6.07, 6.45) is 0.636. The second-order valence-corrected chi connectivity index (χ2v) is 9.09. The van der Waals surface area contributed by atoms with Crippen molar-refractivity contribution >= 4 is 5.91 Å². The van der Waals surface area contributed by atoms with Crippen molar-refractivity contribution in [1.82, 2.24) is 15.1 Å². The molecule has 1 aromatic heterocycles. The number of aromatic hydroxyl groups is 1. The Balaban J connectivity index is 1.55. The van der Waals surface area contributed by atoms with E-state index in [9.17, 15) is 9.90 Å². The van der Waals surface area contributed by atoms with Crippen molar-refractivity contribution < 1.29 is 19.4 Å². The Morgan fingerprint density at radius 3 is 2.47 bits per heavy atom. The summed E-state index contributed by atoms with van der Waals surface area (Å²) >= 11 is 0. The predicted molar refractivity (Wildman–Crippen MR) is 138 cm³/mol. The van der Waals surface area contributed by atoms with Gasteiger partial charge < -0.3 is 19.5 Å². The number of nitrogens with zero attached hydrogens (tertiary/aromatic N) is 2. The Kier molecular flexibility index (Phi) is 6.14. The van der Waals surface area contributed by atoms with Gasteiger partial charge in [0.05, 0.1) is 20.3 Å². The van der Waals surface area contributed by atoms with E-state index in [1.54, 1.807) is 14.2 Å². The first-order valence-corrected chi connectivity index (χ1v) is 11.9.